The van der Waals surface area contributed by atoms with Gasteiger partial charge in [-0.15, -0.1) is 0 Å². The van der Waals surface area contributed by atoms with Crippen LogP contribution in [-0.4, -0.2) is 10.5 Å². The fourth-order valence-electron chi connectivity index (χ4n) is 1.33. The van der Waals surface area contributed by atoms with Crippen molar-refractivity contribution >= 4 is 5.69 Å². The Morgan fingerprint density at radius 2 is 2.00 bits per heavy atom. The summed E-state index contributed by atoms with van der Waals surface area (Å²) in [4.78, 5) is 10.4. The first kappa shape index (κ1) is 12.6. The second-order valence-corrected chi connectivity index (χ2v) is 4.98. The number of nitrogens with zero attached hydrogens (tertiary/aromatic N) is 1. The Bertz CT molecular complexity index is 394. The quantitative estimate of drug-likeness (QED) is 0.632. The van der Waals surface area contributed by atoms with Gasteiger partial charge in [0.15, 0.2) is 0 Å². The van der Waals surface area contributed by atoms with Crippen molar-refractivity contribution < 1.29 is 4.92 Å². The lowest BCUT2D eigenvalue weighted by Crippen LogP contribution is -2.35. The lowest BCUT2D eigenvalue weighted by Gasteiger charge is -2.20. The Balaban J connectivity index is 2.83. The van der Waals surface area contributed by atoms with Gasteiger partial charge in [0.05, 0.1) is 4.92 Å². The third-order valence-corrected chi connectivity index (χ3v) is 2.29. The zero-order valence-electron chi connectivity index (χ0n) is 10.2. The summed E-state index contributed by atoms with van der Waals surface area (Å²) >= 11 is 0. The fraction of sp³-hybridized carbons (Fsp3) is 0.500. The number of nitrogens with one attached hydrogen (secondary N) is 1. The van der Waals surface area contributed by atoms with Crippen LogP contribution in [0.5, 0.6) is 0 Å². The van der Waals surface area contributed by atoms with Crippen LogP contribution in [0.3, 0.4) is 0 Å². The van der Waals surface area contributed by atoms with Crippen LogP contribution in [0.4, 0.5) is 5.69 Å². The minimum atomic E-state index is -0.337. The predicted molar refractivity (Wildman–Crippen MR) is 64.4 cm³/mol. The van der Waals surface area contributed by atoms with E-state index in [1.165, 1.54) is 0 Å². The van der Waals surface area contributed by atoms with Gasteiger partial charge in [-0.25, -0.2) is 0 Å². The average Bonchev–Trinajstić information content (AvgIpc) is 2.14. The first-order valence-corrected chi connectivity index (χ1v) is 5.28. The summed E-state index contributed by atoms with van der Waals surface area (Å²) in [5.41, 5.74) is 1.84. The SMILES string of the molecule is Cc1ccc(CNC(C)(C)C)cc1[N+](=O)[O-]. The Kier molecular flexibility index (Phi) is 3.65. The third-order valence-electron chi connectivity index (χ3n) is 2.29. The molecule has 1 aromatic carbocycles. The normalized spacial score (nSPS) is 11.5. The highest BCUT2D eigenvalue weighted by Crippen LogP contribution is 2.19. The van der Waals surface area contributed by atoms with Gasteiger partial charge in [-0.3, -0.25) is 10.1 Å². The highest BCUT2D eigenvalue weighted by Gasteiger charge is 2.13. The Morgan fingerprint density at radius 3 is 2.50 bits per heavy atom. The van der Waals surface area contributed by atoms with Crippen molar-refractivity contribution in [2.24, 2.45) is 0 Å². The van der Waals surface area contributed by atoms with Gasteiger partial charge in [-0.05, 0) is 33.3 Å². The summed E-state index contributed by atoms with van der Waals surface area (Å²) in [5, 5.41) is 14.1. The molecule has 4 nitrogen and oxygen atoms in total. The lowest BCUT2D eigenvalue weighted by molar-refractivity contribution is -0.385. The molecule has 0 heterocycles. The van der Waals surface area contributed by atoms with Crippen LogP contribution < -0.4 is 5.32 Å². The number of nitro benzene ring substituents is 1. The topological polar surface area (TPSA) is 55.2 Å². The van der Waals surface area contributed by atoms with Crippen molar-refractivity contribution in [1.29, 1.82) is 0 Å². The predicted octanol–water partition coefficient (Wildman–Crippen LogP) is 2.79. The van der Waals surface area contributed by atoms with Gasteiger partial charge in [0.1, 0.15) is 0 Å². The summed E-state index contributed by atoms with van der Waals surface area (Å²) in [5.74, 6) is 0. The van der Waals surface area contributed by atoms with Gasteiger partial charge in [-0.2, -0.15) is 0 Å². The summed E-state index contributed by atoms with van der Waals surface area (Å²) in [7, 11) is 0. The average molecular weight is 222 g/mol. The second kappa shape index (κ2) is 4.61. The third kappa shape index (κ3) is 3.62. The fourth-order valence-corrected chi connectivity index (χ4v) is 1.33. The summed E-state index contributed by atoms with van der Waals surface area (Å²) < 4.78 is 0. The maximum atomic E-state index is 10.8. The molecule has 88 valence electrons. The molecule has 0 atom stereocenters. The zero-order valence-corrected chi connectivity index (χ0v) is 10.2. The van der Waals surface area contributed by atoms with E-state index in [0.717, 1.165) is 5.56 Å². The van der Waals surface area contributed by atoms with Crippen molar-refractivity contribution in [2.75, 3.05) is 0 Å². The first-order valence-electron chi connectivity index (χ1n) is 5.28. The Labute approximate surface area is 95.8 Å². The molecule has 0 bridgehead atoms. The molecule has 0 amide bonds. The molecular weight excluding hydrogens is 204 g/mol. The van der Waals surface area contributed by atoms with Crippen LogP contribution in [0.25, 0.3) is 0 Å². The standard InChI is InChI=1S/C12H18N2O2/c1-9-5-6-10(7-11(9)14(15)16)8-13-12(2,3)4/h5-7,13H,8H2,1-4H3. The van der Waals surface area contributed by atoms with Crippen molar-refractivity contribution in [1.82, 2.24) is 5.32 Å². The maximum Gasteiger partial charge on any atom is 0.272 e. The van der Waals surface area contributed by atoms with E-state index in [0.29, 0.717) is 12.1 Å². The molecular formula is C12H18N2O2. The Hall–Kier alpha value is -1.42. The van der Waals surface area contributed by atoms with Crippen LogP contribution in [0, 0.1) is 17.0 Å². The first-order chi connectivity index (χ1) is 7.29. The molecule has 0 aliphatic heterocycles. The number of hydrogen-bond acceptors (Lipinski definition) is 3. The van der Waals surface area contributed by atoms with E-state index in [1.54, 1.807) is 19.1 Å². The summed E-state index contributed by atoms with van der Waals surface area (Å²) in [6.45, 7) is 8.59. The zero-order chi connectivity index (χ0) is 12.3. The molecule has 16 heavy (non-hydrogen) atoms. The van der Waals surface area contributed by atoms with E-state index in [-0.39, 0.29) is 16.1 Å². The van der Waals surface area contributed by atoms with Crippen LogP contribution in [0.15, 0.2) is 18.2 Å². The number of benzene rings is 1. The van der Waals surface area contributed by atoms with Gasteiger partial charge in [0.2, 0.25) is 0 Å². The van der Waals surface area contributed by atoms with E-state index in [2.05, 4.69) is 26.1 Å². The van der Waals surface area contributed by atoms with Crippen molar-refractivity contribution in [3.63, 3.8) is 0 Å². The maximum absolute atomic E-state index is 10.8. The highest BCUT2D eigenvalue weighted by molar-refractivity contribution is 5.42. The van der Waals surface area contributed by atoms with Crippen LogP contribution in [-0.2, 0) is 6.54 Å². The minimum Gasteiger partial charge on any atom is -0.308 e. The second-order valence-electron chi connectivity index (χ2n) is 4.98. The van der Waals surface area contributed by atoms with Gasteiger partial charge < -0.3 is 5.32 Å². The monoisotopic (exact) mass is 222 g/mol. The van der Waals surface area contributed by atoms with E-state index >= 15 is 0 Å². The molecule has 0 unspecified atom stereocenters. The van der Waals surface area contributed by atoms with Crippen molar-refractivity contribution in [3.05, 3.63) is 39.4 Å². The number of aryl methyl sites for hydroxylation is 1. The number of nitro groups is 1. The van der Waals surface area contributed by atoms with Gasteiger partial charge in [-0.1, -0.05) is 12.1 Å². The lowest BCUT2D eigenvalue weighted by atomic mass is 10.1. The van der Waals surface area contributed by atoms with Crippen molar-refractivity contribution in [2.45, 2.75) is 39.8 Å². The molecule has 0 aliphatic carbocycles. The molecule has 4 heteroatoms. The molecule has 0 aliphatic rings. The molecule has 0 saturated heterocycles. The number of hydrogen-bond donors (Lipinski definition) is 1. The van der Waals surface area contributed by atoms with E-state index < -0.39 is 0 Å². The summed E-state index contributed by atoms with van der Waals surface area (Å²) in [6.07, 6.45) is 0. The van der Waals surface area contributed by atoms with E-state index in [1.807, 2.05) is 6.07 Å². The van der Waals surface area contributed by atoms with Crippen LogP contribution in [0.1, 0.15) is 31.9 Å². The molecule has 0 fully saturated rings. The van der Waals surface area contributed by atoms with Gasteiger partial charge in [0, 0.05) is 23.7 Å². The smallest absolute Gasteiger partial charge is 0.272 e. The molecule has 1 N–H and O–H groups in total. The van der Waals surface area contributed by atoms with Crippen LogP contribution >= 0.6 is 0 Å². The minimum absolute atomic E-state index is 0.0136. The molecule has 0 saturated carbocycles. The molecule has 0 aromatic heterocycles. The van der Waals surface area contributed by atoms with E-state index in [4.69, 9.17) is 0 Å². The van der Waals surface area contributed by atoms with E-state index in [9.17, 15) is 10.1 Å². The van der Waals surface area contributed by atoms with Crippen molar-refractivity contribution in [3.8, 4) is 0 Å². The molecule has 0 radical (unpaired) electrons. The van der Waals surface area contributed by atoms with Crippen LogP contribution in [0.2, 0.25) is 0 Å². The molecule has 1 rings (SSSR count). The largest absolute Gasteiger partial charge is 0.308 e. The molecule has 1 aromatic rings. The molecule has 0 spiro atoms. The van der Waals surface area contributed by atoms with Gasteiger partial charge >= 0.3 is 0 Å². The number of rotatable bonds is 3. The van der Waals surface area contributed by atoms with Gasteiger partial charge in [0.25, 0.3) is 5.69 Å². The highest BCUT2D eigenvalue weighted by atomic mass is 16.6. The summed E-state index contributed by atoms with van der Waals surface area (Å²) in [6, 6.07) is 5.34. The Morgan fingerprint density at radius 1 is 1.38 bits per heavy atom.